The van der Waals surface area contributed by atoms with Crippen LogP contribution in [0, 0.1) is 12.7 Å². The monoisotopic (exact) mass is 491 g/mol. The lowest BCUT2D eigenvalue weighted by Gasteiger charge is -2.36. The molecule has 0 bridgehead atoms. The van der Waals surface area contributed by atoms with E-state index in [0.717, 1.165) is 29.9 Å². The normalized spacial score (nSPS) is 13.8. The number of piperazine rings is 1. The van der Waals surface area contributed by atoms with Crippen LogP contribution in [0.1, 0.15) is 16.1 Å². The van der Waals surface area contributed by atoms with Gasteiger partial charge in [0.05, 0.1) is 11.4 Å². The van der Waals surface area contributed by atoms with Crippen molar-refractivity contribution in [3.63, 3.8) is 0 Å². The van der Waals surface area contributed by atoms with Gasteiger partial charge in [-0.2, -0.15) is 5.10 Å². The molecule has 0 N–H and O–H groups in total. The molecule has 6 nitrogen and oxygen atoms in total. The van der Waals surface area contributed by atoms with E-state index in [2.05, 4.69) is 24.0 Å². The van der Waals surface area contributed by atoms with Crippen LogP contribution in [-0.2, 0) is 0 Å². The predicted octanol–water partition coefficient (Wildman–Crippen LogP) is 5.47. The molecule has 1 aliphatic heterocycles. The first kappa shape index (κ1) is 22.9. The Morgan fingerprint density at radius 2 is 1.46 bits per heavy atom. The largest absolute Gasteiger partial charge is 0.368 e. The molecule has 0 saturated carbocycles. The van der Waals surface area contributed by atoms with Crippen LogP contribution in [0.2, 0.25) is 0 Å². The van der Waals surface area contributed by atoms with E-state index in [9.17, 15) is 9.18 Å². The van der Waals surface area contributed by atoms with E-state index in [1.807, 2.05) is 53.4 Å². The zero-order valence-corrected chi connectivity index (χ0v) is 20.5. The fraction of sp³-hybridized carbons (Fsp3) is 0.167. The van der Waals surface area contributed by atoms with Gasteiger partial charge >= 0.3 is 0 Å². The predicted molar refractivity (Wildman–Crippen MR) is 143 cm³/mol. The summed E-state index contributed by atoms with van der Waals surface area (Å²) in [5.74, 6) is -0.411. The van der Waals surface area contributed by atoms with Crippen LogP contribution in [0.25, 0.3) is 28.2 Å². The standard InChI is InChI=1S/C30H26FN5O/c1-21-7-5-6-10-27(21)34-15-17-35(18-16-34)30(37)28-19-25(23-11-13-24(31)14-12-23)32-29-20-26(33-36(28)29)22-8-3-2-4-9-22/h2-14,19-20H,15-18H2,1H3. The lowest BCUT2D eigenvalue weighted by molar-refractivity contribution is 0.0738. The number of para-hydroxylation sites is 1. The third-order valence-corrected chi connectivity index (χ3v) is 6.88. The molecule has 1 fully saturated rings. The van der Waals surface area contributed by atoms with Crippen LogP contribution in [0.15, 0.2) is 91.0 Å². The quantitative estimate of drug-likeness (QED) is 0.334. The van der Waals surface area contributed by atoms with Gasteiger partial charge in [0.2, 0.25) is 0 Å². The van der Waals surface area contributed by atoms with E-state index < -0.39 is 0 Å². The number of aryl methyl sites for hydroxylation is 1. The number of carbonyl (C=O) groups excluding carboxylic acids is 1. The highest BCUT2D eigenvalue weighted by molar-refractivity contribution is 5.94. The van der Waals surface area contributed by atoms with Gasteiger partial charge in [-0.25, -0.2) is 13.9 Å². The number of fused-ring (bicyclic) bond motifs is 1. The third kappa shape index (κ3) is 4.44. The maximum atomic E-state index is 13.9. The molecule has 2 aromatic heterocycles. The Hall–Kier alpha value is -4.52. The summed E-state index contributed by atoms with van der Waals surface area (Å²) < 4.78 is 15.2. The molecule has 0 unspecified atom stereocenters. The van der Waals surface area contributed by atoms with Crippen LogP contribution >= 0.6 is 0 Å². The second kappa shape index (κ2) is 9.50. The van der Waals surface area contributed by atoms with E-state index in [0.29, 0.717) is 30.1 Å². The molecule has 0 atom stereocenters. The Morgan fingerprint density at radius 3 is 2.19 bits per heavy atom. The average molecular weight is 492 g/mol. The summed E-state index contributed by atoms with van der Waals surface area (Å²) in [7, 11) is 0. The summed E-state index contributed by atoms with van der Waals surface area (Å²) in [6.07, 6.45) is 0. The van der Waals surface area contributed by atoms with E-state index in [-0.39, 0.29) is 11.7 Å². The average Bonchev–Trinajstić information content (AvgIpc) is 3.38. The van der Waals surface area contributed by atoms with Gasteiger partial charge in [-0.05, 0) is 48.9 Å². The molecule has 0 spiro atoms. The van der Waals surface area contributed by atoms with Crippen molar-refractivity contribution in [1.29, 1.82) is 0 Å². The Kier molecular flexibility index (Phi) is 5.88. The summed E-state index contributed by atoms with van der Waals surface area (Å²) in [6.45, 7) is 4.83. The first-order chi connectivity index (χ1) is 18.1. The van der Waals surface area contributed by atoms with Crippen LogP contribution in [0.4, 0.5) is 10.1 Å². The molecular formula is C30H26FN5O. The molecule has 37 heavy (non-hydrogen) atoms. The number of aromatic nitrogens is 3. The summed E-state index contributed by atoms with van der Waals surface area (Å²) in [5, 5.41) is 4.76. The Labute approximate surface area is 214 Å². The van der Waals surface area contributed by atoms with Gasteiger partial charge < -0.3 is 9.80 Å². The SMILES string of the molecule is Cc1ccccc1N1CCN(C(=O)c2cc(-c3ccc(F)cc3)nc3cc(-c4ccccc4)nn23)CC1. The Balaban J connectivity index is 1.36. The van der Waals surface area contributed by atoms with Crippen molar-refractivity contribution in [1.82, 2.24) is 19.5 Å². The fourth-order valence-corrected chi connectivity index (χ4v) is 4.88. The molecular weight excluding hydrogens is 465 g/mol. The second-order valence-electron chi connectivity index (χ2n) is 9.26. The zero-order chi connectivity index (χ0) is 25.4. The molecule has 3 heterocycles. The molecule has 184 valence electrons. The number of carbonyl (C=O) groups is 1. The molecule has 7 heteroatoms. The summed E-state index contributed by atoms with van der Waals surface area (Å²) >= 11 is 0. The minimum absolute atomic E-state index is 0.0945. The highest BCUT2D eigenvalue weighted by Gasteiger charge is 2.26. The number of halogens is 1. The summed E-state index contributed by atoms with van der Waals surface area (Å²) in [6, 6.07) is 28.0. The van der Waals surface area contributed by atoms with Gasteiger partial charge in [-0.3, -0.25) is 4.79 Å². The van der Waals surface area contributed by atoms with Gasteiger partial charge in [-0.15, -0.1) is 0 Å². The van der Waals surface area contributed by atoms with Crippen LogP contribution in [0.3, 0.4) is 0 Å². The van der Waals surface area contributed by atoms with E-state index in [1.54, 1.807) is 22.7 Å². The molecule has 0 radical (unpaired) electrons. The van der Waals surface area contributed by atoms with E-state index in [4.69, 9.17) is 10.1 Å². The van der Waals surface area contributed by atoms with Crippen LogP contribution in [-0.4, -0.2) is 51.6 Å². The van der Waals surface area contributed by atoms with Crippen molar-refractivity contribution >= 4 is 17.2 Å². The molecule has 1 aliphatic rings. The van der Waals surface area contributed by atoms with Gasteiger partial charge in [0, 0.05) is 49.1 Å². The van der Waals surface area contributed by atoms with E-state index in [1.165, 1.54) is 23.4 Å². The maximum absolute atomic E-state index is 13.9. The molecule has 3 aromatic carbocycles. The van der Waals surface area contributed by atoms with E-state index >= 15 is 0 Å². The van der Waals surface area contributed by atoms with Crippen LogP contribution < -0.4 is 4.90 Å². The number of amides is 1. The summed E-state index contributed by atoms with van der Waals surface area (Å²) in [5.41, 5.74) is 6.48. The third-order valence-electron chi connectivity index (χ3n) is 6.88. The lowest BCUT2D eigenvalue weighted by atomic mass is 10.1. The number of hydrogen-bond acceptors (Lipinski definition) is 4. The number of anilines is 1. The molecule has 6 rings (SSSR count). The van der Waals surface area contributed by atoms with Gasteiger partial charge in [0.1, 0.15) is 11.5 Å². The molecule has 1 amide bonds. The number of hydrogen-bond donors (Lipinski definition) is 0. The van der Waals surface area contributed by atoms with Crippen molar-refractivity contribution < 1.29 is 9.18 Å². The Morgan fingerprint density at radius 1 is 0.784 bits per heavy atom. The van der Waals surface area contributed by atoms with Crippen molar-refractivity contribution in [3.05, 3.63) is 108 Å². The van der Waals surface area contributed by atoms with Crippen molar-refractivity contribution in [3.8, 4) is 22.5 Å². The number of benzene rings is 3. The molecule has 1 saturated heterocycles. The molecule has 5 aromatic rings. The van der Waals surface area contributed by atoms with Crippen molar-refractivity contribution in [2.75, 3.05) is 31.1 Å². The summed E-state index contributed by atoms with van der Waals surface area (Å²) in [4.78, 5) is 22.8. The fourth-order valence-electron chi connectivity index (χ4n) is 4.88. The number of rotatable bonds is 4. The molecule has 0 aliphatic carbocycles. The van der Waals surface area contributed by atoms with Gasteiger partial charge in [-0.1, -0.05) is 48.5 Å². The second-order valence-corrected chi connectivity index (χ2v) is 9.26. The topological polar surface area (TPSA) is 53.7 Å². The minimum Gasteiger partial charge on any atom is -0.368 e. The number of nitrogens with zero attached hydrogens (tertiary/aromatic N) is 5. The van der Waals surface area contributed by atoms with Crippen molar-refractivity contribution in [2.45, 2.75) is 6.92 Å². The maximum Gasteiger partial charge on any atom is 0.272 e. The van der Waals surface area contributed by atoms with Crippen molar-refractivity contribution in [2.24, 2.45) is 0 Å². The highest BCUT2D eigenvalue weighted by atomic mass is 19.1. The van der Waals surface area contributed by atoms with Gasteiger partial charge in [0.15, 0.2) is 5.65 Å². The first-order valence-electron chi connectivity index (χ1n) is 12.4. The minimum atomic E-state index is -0.316. The zero-order valence-electron chi connectivity index (χ0n) is 20.5. The highest BCUT2D eigenvalue weighted by Crippen LogP contribution is 2.26. The Bertz CT molecular complexity index is 1570. The first-order valence-corrected chi connectivity index (χ1v) is 12.4. The smallest absolute Gasteiger partial charge is 0.272 e. The van der Waals surface area contributed by atoms with Crippen LogP contribution in [0.5, 0.6) is 0 Å². The lowest BCUT2D eigenvalue weighted by Crippen LogP contribution is -2.49. The van der Waals surface area contributed by atoms with Gasteiger partial charge in [0.25, 0.3) is 5.91 Å².